The normalized spacial score (nSPS) is 33.4. The second-order valence-electron chi connectivity index (χ2n) is 5.69. The Morgan fingerprint density at radius 1 is 1.38 bits per heavy atom. The summed E-state index contributed by atoms with van der Waals surface area (Å²) in [6.07, 6.45) is 7.71. The summed E-state index contributed by atoms with van der Waals surface area (Å²) < 4.78 is 0. The second-order valence-corrected chi connectivity index (χ2v) is 5.69. The summed E-state index contributed by atoms with van der Waals surface area (Å²) in [6.45, 7) is 5.27. The monoisotopic (exact) mass is 226 g/mol. The minimum Gasteiger partial charge on any atom is -0.392 e. The number of hydrogen-bond donors (Lipinski definition) is 3. The molecule has 0 bridgehead atoms. The van der Waals surface area contributed by atoms with Crippen molar-refractivity contribution in [3.8, 4) is 0 Å². The van der Waals surface area contributed by atoms with E-state index in [1.54, 1.807) is 0 Å². The highest BCUT2D eigenvalue weighted by Crippen LogP contribution is 2.40. The quantitative estimate of drug-likeness (QED) is 0.661. The van der Waals surface area contributed by atoms with Crippen molar-refractivity contribution in [1.82, 2.24) is 10.6 Å². The molecule has 2 rings (SSSR count). The van der Waals surface area contributed by atoms with E-state index in [0.29, 0.717) is 11.5 Å². The van der Waals surface area contributed by atoms with Crippen molar-refractivity contribution >= 4 is 0 Å². The van der Waals surface area contributed by atoms with E-state index in [4.69, 9.17) is 0 Å². The molecule has 1 saturated heterocycles. The van der Waals surface area contributed by atoms with Crippen LogP contribution in [0.2, 0.25) is 0 Å². The first-order chi connectivity index (χ1) is 7.74. The molecule has 0 amide bonds. The van der Waals surface area contributed by atoms with Crippen LogP contribution in [0.15, 0.2) is 0 Å². The number of hydrogen-bond acceptors (Lipinski definition) is 3. The van der Waals surface area contributed by atoms with Gasteiger partial charge in [-0.3, -0.25) is 0 Å². The number of rotatable bonds is 5. The Morgan fingerprint density at radius 3 is 2.69 bits per heavy atom. The molecule has 1 aliphatic carbocycles. The molecule has 0 spiro atoms. The van der Waals surface area contributed by atoms with E-state index in [2.05, 4.69) is 17.6 Å². The fourth-order valence-electron chi connectivity index (χ4n) is 3.25. The lowest BCUT2D eigenvalue weighted by molar-refractivity contribution is 0.192. The van der Waals surface area contributed by atoms with E-state index in [1.165, 1.54) is 32.1 Å². The van der Waals surface area contributed by atoms with Crippen molar-refractivity contribution in [2.24, 2.45) is 5.41 Å². The summed E-state index contributed by atoms with van der Waals surface area (Å²) in [5, 5.41) is 16.4. The molecular formula is C13H26N2O. The van der Waals surface area contributed by atoms with Gasteiger partial charge in [-0.05, 0) is 31.1 Å². The Hall–Kier alpha value is -0.120. The first-order valence-corrected chi connectivity index (χ1v) is 6.86. The van der Waals surface area contributed by atoms with Crippen molar-refractivity contribution in [2.75, 3.05) is 19.6 Å². The van der Waals surface area contributed by atoms with Crippen LogP contribution in [0.4, 0.5) is 0 Å². The van der Waals surface area contributed by atoms with Crippen molar-refractivity contribution in [3.05, 3.63) is 0 Å². The molecule has 2 atom stereocenters. The van der Waals surface area contributed by atoms with E-state index in [-0.39, 0.29) is 6.10 Å². The van der Waals surface area contributed by atoms with E-state index in [1.807, 2.05) is 0 Å². The fraction of sp³-hybridized carbons (Fsp3) is 1.00. The number of aliphatic hydroxyl groups excluding tert-OH is 1. The zero-order valence-corrected chi connectivity index (χ0v) is 10.5. The highest BCUT2D eigenvalue weighted by atomic mass is 16.3. The van der Waals surface area contributed by atoms with E-state index < -0.39 is 0 Å². The van der Waals surface area contributed by atoms with Crippen LogP contribution in [0, 0.1) is 5.41 Å². The Labute approximate surface area is 99.0 Å². The van der Waals surface area contributed by atoms with Gasteiger partial charge in [-0.2, -0.15) is 0 Å². The molecule has 2 aliphatic rings. The summed E-state index contributed by atoms with van der Waals surface area (Å²) >= 11 is 0. The molecule has 0 aromatic heterocycles. The molecule has 3 N–H and O–H groups in total. The molecule has 1 saturated carbocycles. The average Bonchev–Trinajstić information content (AvgIpc) is 2.89. The molecule has 3 nitrogen and oxygen atoms in total. The molecule has 0 radical (unpaired) electrons. The minimum absolute atomic E-state index is 0.126. The Kier molecular flexibility index (Phi) is 4.22. The van der Waals surface area contributed by atoms with Gasteiger partial charge in [-0.15, -0.1) is 0 Å². The van der Waals surface area contributed by atoms with Gasteiger partial charge >= 0.3 is 0 Å². The topological polar surface area (TPSA) is 44.3 Å². The van der Waals surface area contributed by atoms with Crippen LogP contribution in [0.25, 0.3) is 0 Å². The highest BCUT2D eigenvalue weighted by molar-refractivity contribution is 4.87. The van der Waals surface area contributed by atoms with Crippen LogP contribution in [0.5, 0.6) is 0 Å². The van der Waals surface area contributed by atoms with E-state index >= 15 is 0 Å². The van der Waals surface area contributed by atoms with Crippen molar-refractivity contribution < 1.29 is 5.11 Å². The minimum atomic E-state index is -0.126. The number of nitrogens with one attached hydrogen (secondary N) is 2. The van der Waals surface area contributed by atoms with Gasteiger partial charge in [0.15, 0.2) is 0 Å². The summed E-state index contributed by atoms with van der Waals surface area (Å²) in [6, 6.07) is 0.477. The fourth-order valence-corrected chi connectivity index (χ4v) is 3.25. The molecule has 0 aromatic rings. The van der Waals surface area contributed by atoms with Gasteiger partial charge in [0.1, 0.15) is 0 Å². The van der Waals surface area contributed by atoms with Gasteiger partial charge in [-0.1, -0.05) is 19.8 Å². The maximum Gasteiger partial charge on any atom is 0.0680 e. The second kappa shape index (κ2) is 5.48. The third kappa shape index (κ3) is 2.96. The van der Waals surface area contributed by atoms with Crippen LogP contribution >= 0.6 is 0 Å². The van der Waals surface area contributed by atoms with Crippen LogP contribution in [0.3, 0.4) is 0 Å². The molecule has 1 aliphatic heterocycles. The van der Waals surface area contributed by atoms with E-state index in [0.717, 1.165) is 26.1 Å². The summed E-state index contributed by atoms with van der Waals surface area (Å²) in [4.78, 5) is 0. The highest BCUT2D eigenvalue weighted by Gasteiger charge is 2.31. The molecule has 16 heavy (non-hydrogen) atoms. The SMILES string of the molecule is CCC1(CNCC2CC(O)CN2)CCCC1. The van der Waals surface area contributed by atoms with Gasteiger partial charge in [0, 0.05) is 25.7 Å². The molecule has 94 valence electrons. The van der Waals surface area contributed by atoms with Gasteiger partial charge in [0.25, 0.3) is 0 Å². The lowest BCUT2D eigenvalue weighted by Gasteiger charge is -2.28. The molecule has 2 unspecified atom stereocenters. The average molecular weight is 226 g/mol. The standard InChI is InChI=1S/C13H26N2O/c1-2-13(5-3-4-6-13)10-14-8-11-7-12(16)9-15-11/h11-12,14-16H,2-10H2,1H3. The van der Waals surface area contributed by atoms with Crippen LogP contribution in [-0.4, -0.2) is 36.9 Å². The van der Waals surface area contributed by atoms with Gasteiger partial charge < -0.3 is 15.7 Å². The molecule has 2 fully saturated rings. The maximum atomic E-state index is 9.42. The third-order valence-corrected chi connectivity index (χ3v) is 4.50. The Balaban J connectivity index is 1.67. The Morgan fingerprint density at radius 2 is 2.12 bits per heavy atom. The first-order valence-electron chi connectivity index (χ1n) is 6.86. The lowest BCUT2D eigenvalue weighted by atomic mass is 9.83. The predicted octanol–water partition coefficient (Wildman–Crippen LogP) is 1.27. The summed E-state index contributed by atoms with van der Waals surface area (Å²) in [7, 11) is 0. The van der Waals surface area contributed by atoms with Crippen molar-refractivity contribution in [2.45, 2.75) is 57.6 Å². The molecule has 3 heteroatoms. The first kappa shape index (κ1) is 12.3. The van der Waals surface area contributed by atoms with Crippen LogP contribution in [0.1, 0.15) is 45.4 Å². The zero-order chi connectivity index (χ0) is 11.4. The number of aliphatic hydroxyl groups is 1. The predicted molar refractivity (Wildman–Crippen MR) is 66.5 cm³/mol. The third-order valence-electron chi connectivity index (χ3n) is 4.50. The van der Waals surface area contributed by atoms with E-state index in [9.17, 15) is 5.11 Å². The van der Waals surface area contributed by atoms with Crippen molar-refractivity contribution in [3.63, 3.8) is 0 Å². The van der Waals surface area contributed by atoms with Crippen molar-refractivity contribution in [1.29, 1.82) is 0 Å². The zero-order valence-electron chi connectivity index (χ0n) is 10.5. The molecule has 0 aromatic carbocycles. The van der Waals surface area contributed by atoms with Crippen LogP contribution in [-0.2, 0) is 0 Å². The Bertz CT molecular complexity index is 214. The van der Waals surface area contributed by atoms with Crippen LogP contribution < -0.4 is 10.6 Å². The largest absolute Gasteiger partial charge is 0.392 e. The maximum absolute atomic E-state index is 9.42. The van der Waals surface area contributed by atoms with Gasteiger partial charge in [-0.25, -0.2) is 0 Å². The lowest BCUT2D eigenvalue weighted by Crippen LogP contribution is -2.39. The van der Waals surface area contributed by atoms with Gasteiger partial charge in [0.05, 0.1) is 6.10 Å². The summed E-state index contributed by atoms with van der Waals surface area (Å²) in [5.74, 6) is 0. The molecular weight excluding hydrogens is 200 g/mol. The van der Waals surface area contributed by atoms with Gasteiger partial charge in [0.2, 0.25) is 0 Å². The number of β-amino-alcohol motifs (C(OH)–C–C–N with tert-alkyl or cyclic N) is 1. The molecule has 1 heterocycles. The summed E-state index contributed by atoms with van der Waals surface area (Å²) in [5.41, 5.74) is 0.581. The smallest absolute Gasteiger partial charge is 0.0680 e.